The summed E-state index contributed by atoms with van der Waals surface area (Å²) < 4.78 is 5.40. The molecule has 1 fully saturated rings. The van der Waals surface area contributed by atoms with E-state index >= 15 is 0 Å². The topological polar surface area (TPSA) is 98.1 Å². The predicted octanol–water partition coefficient (Wildman–Crippen LogP) is 2.40. The number of carbonyl (C=O) groups is 2. The van der Waals surface area contributed by atoms with Gasteiger partial charge in [-0.2, -0.15) is 0 Å². The molecule has 1 aromatic carbocycles. The predicted molar refractivity (Wildman–Crippen MR) is 81.5 cm³/mol. The van der Waals surface area contributed by atoms with E-state index in [1.54, 1.807) is 18.2 Å². The maximum atomic E-state index is 12.1. The fourth-order valence-electron chi connectivity index (χ4n) is 2.88. The van der Waals surface area contributed by atoms with Gasteiger partial charge in [0.1, 0.15) is 0 Å². The van der Waals surface area contributed by atoms with Crippen molar-refractivity contribution in [2.24, 2.45) is 11.7 Å². The van der Waals surface area contributed by atoms with Crippen LogP contribution in [-0.4, -0.2) is 28.5 Å². The van der Waals surface area contributed by atoms with E-state index in [9.17, 15) is 9.59 Å². The van der Waals surface area contributed by atoms with Crippen LogP contribution in [0.2, 0.25) is 0 Å². The summed E-state index contributed by atoms with van der Waals surface area (Å²) in [5.41, 5.74) is 6.81. The average Bonchev–Trinajstić information content (AvgIpc) is 2.97. The lowest BCUT2D eigenvalue weighted by atomic mass is 9.90. The quantitative estimate of drug-likeness (QED) is 0.847. The molecule has 1 heterocycles. The normalized spacial score (nSPS) is 15.8. The molecule has 0 spiro atoms. The molecule has 116 valence electrons. The van der Waals surface area contributed by atoms with Crippen LogP contribution in [0.5, 0.6) is 0 Å². The molecule has 1 aromatic heterocycles. The molecule has 6 heteroatoms. The Morgan fingerprint density at radius 2 is 2.05 bits per heavy atom. The maximum Gasteiger partial charge on any atom is 0.338 e. The summed E-state index contributed by atoms with van der Waals surface area (Å²) in [6, 6.07) is 4.97. The third-order valence-electron chi connectivity index (χ3n) is 4.13. The first-order valence-corrected chi connectivity index (χ1v) is 7.60. The molecular formula is C16H19N3O3. The van der Waals surface area contributed by atoms with Crippen LogP contribution in [0.3, 0.4) is 0 Å². The van der Waals surface area contributed by atoms with Gasteiger partial charge in [0.25, 0.3) is 5.91 Å². The van der Waals surface area contributed by atoms with Gasteiger partial charge in [-0.25, -0.2) is 9.78 Å². The van der Waals surface area contributed by atoms with Crippen molar-refractivity contribution in [1.82, 2.24) is 9.97 Å². The number of fused-ring (bicyclic) bond motifs is 1. The number of hydrogen-bond acceptors (Lipinski definition) is 4. The van der Waals surface area contributed by atoms with E-state index < -0.39 is 5.91 Å². The molecule has 1 saturated carbocycles. The highest BCUT2D eigenvalue weighted by Crippen LogP contribution is 2.24. The maximum absolute atomic E-state index is 12.1. The standard InChI is InChI=1S/C16H19N3O3/c17-14(20)15-18-12-7-6-11(8-13(12)19-15)16(21)22-9-10-4-2-1-3-5-10/h6-8,10H,1-5,9H2,(H2,17,20)(H,18,19). The molecule has 6 nitrogen and oxygen atoms in total. The first-order valence-electron chi connectivity index (χ1n) is 7.60. The Hall–Kier alpha value is -2.37. The van der Waals surface area contributed by atoms with Crippen LogP contribution in [0, 0.1) is 5.92 Å². The minimum atomic E-state index is -0.627. The van der Waals surface area contributed by atoms with Crippen LogP contribution in [0.1, 0.15) is 53.1 Å². The first kappa shape index (κ1) is 14.6. The van der Waals surface area contributed by atoms with Gasteiger partial charge in [-0.15, -0.1) is 0 Å². The van der Waals surface area contributed by atoms with Crippen molar-refractivity contribution in [3.8, 4) is 0 Å². The zero-order chi connectivity index (χ0) is 15.5. The van der Waals surface area contributed by atoms with E-state index in [2.05, 4.69) is 9.97 Å². The summed E-state index contributed by atoms with van der Waals surface area (Å²) in [7, 11) is 0. The highest BCUT2D eigenvalue weighted by Gasteiger charge is 2.17. The summed E-state index contributed by atoms with van der Waals surface area (Å²) in [5, 5.41) is 0. The third-order valence-corrected chi connectivity index (χ3v) is 4.13. The number of benzene rings is 1. The van der Waals surface area contributed by atoms with Gasteiger partial charge in [0.2, 0.25) is 0 Å². The minimum absolute atomic E-state index is 0.0859. The second-order valence-electron chi connectivity index (χ2n) is 5.78. The number of aromatic amines is 1. The van der Waals surface area contributed by atoms with Crippen molar-refractivity contribution >= 4 is 22.9 Å². The van der Waals surface area contributed by atoms with E-state index in [1.807, 2.05) is 0 Å². The van der Waals surface area contributed by atoms with Gasteiger partial charge < -0.3 is 15.5 Å². The number of nitrogens with one attached hydrogen (secondary N) is 1. The second-order valence-corrected chi connectivity index (χ2v) is 5.78. The molecule has 0 aliphatic heterocycles. The molecule has 1 amide bonds. The number of aromatic nitrogens is 2. The van der Waals surface area contributed by atoms with Crippen LogP contribution in [0.4, 0.5) is 0 Å². The molecule has 0 bridgehead atoms. The van der Waals surface area contributed by atoms with Gasteiger partial charge >= 0.3 is 5.97 Å². The monoisotopic (exact) mass is 301 g/mol. The van der Waals surface area contributed by atoms with Gasteiger partial charge in [0, 0.05) is 0 Å². The van der Waals surface area contributed by atoms with Gasteiger partial charge in [-0.3, -0.25) is 4.79 Å². The van der Waals surface area contributed by atoms with Crippen molar-refractivity contribution in [3.05, 3.63) is 29.6 Å². The van der Waals surface area contributed by atoms with Crippen molar-refractivity contribution in [3.63, 3.8) is 0 Å². The molecule has 3 rings (SSSR count). The Balaban J connectivity index is 1.69. The van der Waals surface area contributed by atoms with E-state index in [1.165, 1.54) is 19.3 Å². The third kappa shape index (κ3) is 3.10. The number of primary amides is 1. The lowest BCUT2D eigenvalue weighted by Gasteiger charge is -2.20. The van der Waals surface area contributed by atoms with E-state index in [-0.39, 0.29) is 11.8 Å². The smallest absolute Gasteiger partial charge is 0.338 e. The lowest BCUT2D eigenvalue weighted by Crippen LogP contribution is -2.16. The molecule has 2 aromatic rings. The molecular weight excluding hydrogens is 282 g/mol. The molecule has 1 aliphatic rings. The van der Waals surface area contributed by atoms with Crippen LogP contribution >= 0.6 is 0 Å². The largest absolute Gasteiger partial charge is 0.462 e. The Bertz CT molecular complexity index is 702. The number of nitrogens with zero attached hydrogens (tertiary/aromatic N) is 1. The molecule has 22 heavy (non-hydrogen) atoms. The summed E-state index contributed by atoms with van der Waals surface area (Å²) in [6.45, 7) is 0.476. The molecule has 3 N–H and O–H groups in total. The van der Waals surface area contributed by atoms with Crippen molar-refractivity contribution in [2.75, 3.05) is 6.61 Å². The van der Waals surface area contributed by atoms with Crippen LogP contribution in [-0.2, 0) is 4.74 Å². The zero-order valence-corrected chi connectivity index (χ0v) is 12.3. The number of rotatable bonds is 4. The Labute approximate surface area is 128 Å². The van der Waals surface area contributed by atoms with Crippen LogP contribution in [0.15, 0.2) is 18.2 Å². The van der Waals surface area contributed by atoms with Gasteiger partial charge in [-0.1, -0.05) is 19.3 Å². The molecule has 0 atom stereocenters. The fourth-order valence-corrected chi connectivity index (χ4v) is 2.88. The number of carbonyl (C=O) groups excluding carboxylic acids is 2. The number of nitrogens with two attached hydrogens (primary N) is 1. The summed E-state index contributed by atoms with van der Waals surface area (Å²) in [4.78, 5) is 30.1. The van der Waals surface area contributed by atoms with Gasteiger partial charge in [0.15, 0.2) is 5.82 Å². The Kier molecular flexibility index (Phi) is 4.09. The van der Waals surface area contributed by atoms with Crippen molar-refractivity contribution in [2.45, 2.75) is 32.1 Å². The van der Waals surface area contributed by atoms with E-state index in [0.29, 0.717) is 29.1 Å². The van der Waals surface area contributed by atoms with Gasteiger partial charge in [-0.05, 0) is 37.0 Å². The van der Waals surface area contributed by atoms with Gasteiger partial charge in [0.05, 0.1) is 23.2 Å². The summed E-state index contributed by atoms with van der Waals surface area (Å²) in [5.74, 6) is -0.412. The first-order chi connectivity index (χ1) is 10.6. The van der Waals surface area contributed by atoms with Crippen LogP contribution in [0.25, 0.3) is 11.0 Å². The highest BCUT2D eigenvalue weighted by molar-refractivity contribution is 5.96. The number of H-pyrrole nitrogens is 1. The Morgan fingerprint density at radius 3 is 2.77 bits per heavy atom. The van der Waals surface area contributed by atoms with E-state index in [0.717, 1.165) is 12.8 Å². The average molecular weight is 301 g/mol. The van der Waals surface area contributed by atoms with E-state index in [4.69, 9.17) is 10.5 Å². The lowest BCUT2D eigenvalue weighted by molar-refractivity contribution is 0.0410. The number of amides is 1. The zero-order valence-electron chi connectivity index (χ0n) is 12.3. The number of hydrogen-bond donors (Lipinski definition) is 2. The summed E-state index contributed by atoms with van der Waals surface area (Å²) in [6.07, 6.45) is 5.98. The number of esters is 1. The highest BCUT2D eigenvalue weighted by atomic mass is 16.5. The minimum Gasteiger partial charge on any atom is -0.462 e. The second kappa shape index (κ2) is 6.17. The van der Waals surface area contributed by atoms with Crippen LogP contribution < -0.4 is 5.73 Å². The number of imidazole rings is 1. The molecule has 0 radical (unpaired) electrons. The van der Waals surface area contributed by atoms with Crippen molar-refractivity contribution < 1.29 is 14.3 Å². The molecule has 1 aliphatic carbocycles. The Morgan fingerprint density at radius 1 is 1.27 bits per heavy atom. The fraction of sp³-hybridized carbons (Fsp3) is 0.438. The molecule has 0 saturated heterocycles. The van der Waals surface area contributed by atoms with Crippen molar-refractivity contribution in [1.29, 1.82) is 0 Å². The SMILES string of the molecule is NC(=O)c1nc2cc(C(=O)OCC3CCCCC3)ccc2[nH]1. The number of ether oxygens (including phenoxy) is 1. The molecule has 0 unspecified atom stereocenters. The summed E-state index contributed by atoms with van der Waals surface area (Å²) >= 11 is 0.